The summed E-state index contributed by atoms with van der Waals surface area (Å²) in [5.41, 5.74) is 3.30. The fourth-order valence-corrected chi connectivity index (χ4v) is 4.71. The number of sulfonamides is 1. The van der Waals surface area contributed by atoms with Crippen molar-refractivity contribution in [2.45, 2.75) is 23.5 Å². The summed E-state index contributed by atoms with van der Waals surface area (Å²) in [6.07, 6.45) is 2.02. The number of nitrogens with zero attached hydrogens (tertiary/aromatic N) is 2. The Hall–Kier alpha value is -2.25. The maximum absolute atomic E-state index is 12.5. The fraction of sp³-hybridized carbons (Fsp3) is 0.167. The molecule has 0 saturated carbocycles. The summed E-state index contributed by atoms with van der Waals surface area (Å²) in [7, 11) is -3.61. The number of benzene rings is 2. The predicted molar refractivity (Wildman–Crippen MR) is 100 cm³/mol. The zero-order chi connectivity index (χ0) is 17.4. The Balaban J connectivity index is 1.62. The zero-order valence-corrected chi connectivity index (χ0v) is 15.3. The molecule has 0 aliphatic carbocycles. The van der Waals surface area contributed by atoms with E-state index >= 15 is 0 Å². The molecule has 4 rings (SSSR count). The van der Waals surface area contributed by atoms with Gasteiger partial charge < -0.3 is 4.57 Å². The van der Waals surface area contributed by atoms with Crippen molar-refractivity contribution < 1.29 is 8.42 Å². The molecule has 1 aliphatic rings. The zero-order valence-electron chi connectivity index (χ0n) is 13.6. The van der Waals surface area contributed by atoms with Crippen LogP contribution in [0.2, 0.25) is 0 Å². The van der Waals surface area contributed by atoms with E-state index in [2.05, 4.69) is 14.3 Å². The largest absolute Gasteiger partial charge is 0.325 e. The van der Waals surface area contributed by atoms with E-state index in [1.807, 2.05) is 31.3 Å². The lowest BCUT2D eigenvalue weighted by Gasteiger charge is -2.09. The predicted octanol–water partition coefficient (Wildman–Crippen LogP) is 3.77. The number of hydrogen-bond donors (Lipinski definition) is 1. The third-order valence-corrected chi connectivity index (χ3v) is 6.41. The summed E-state index contributed by atoms with van der Waals surface area (Å²) < 4.78 is 29.9. The van der Waals surface area contributed by atoms with Crippen LogP contribution in [0.25, 0.3) is 11.3 Å². The van der Waals surface area contributed by atoms with Crippen LogP contribution >= 0.6 is 11.8 Å². The lowest BCUT2D eigenvalue weighted by molar-refractivity contribution is 0.601. The number of hydrogen-bond acceptors (Lipinski definition) is 4. The van der Waals surface area contributed by atoms with Crippen molar-refractivity contribution in [3.8, 4) is 11.3 Å². The lowest BCUT2D eigenvalue weighted by atomic mass is 10.1. The van der Waals surface area contributed by atoms with Gasteiger partial charge in [-0.3, -0.25) is 4.72 Å². The summed E-state index contributed by atoms with van der Waals surface area (Å²) in [5, 5.41) is 1.01. The molecule has 1 N–H and O–H groups in total. The number of fused-ring (bicyclic) bond motifs is 1. The van der Waals surface area contributed by atoms with E-state index in [9.17, 15) is 8.42 Å². The van der Waals surface area contributed by atoms with Gasteiger partial charge >= 0.3 is 0 Å². The van der Waals surface area contributed by atoms with Crippen LogP contribution in [0.5, 0.6) is 0 Å². The van der Waals surface area contributed by atoms with E-state index in [0.29, 0.717) is 5.69 Å². The summed E-state index contributed by atoms with van der Waals surface area (Å²) in [5.74, 6) is 1.05. The molecule has 0 unspecified atom stereocenters. The van der Waals surface area contributed by atoms with Crippen LogP contribution in [0.1, 0.15) is 5.56 Å². The standard InChI is InChI=1S/C18H17N3O2S2/c1-13-5-7-16(8-6-13)25(22,23)20-15-4-2-3-14(11-15)17-12-21-9-10-24-18(21)19-17/h2-8,11-12,20H,9-10H2,1H3. The van der Waals surface area contributed by atoms with Gasteiger partial charge in [-0.25, -0.2) is 13.4 Å². The van der Waals surface area contributed by atoms with Gasteiger partial charge in [0.05, 0.1) is 10.6 Å². The third-order valence-electron chi connectivity index (χ3n) is 4.05. The Bertz CT molecular complexity index is 1000. The van der Waals surface area contributed by atoms with Crippen LogP contribution in [-0.4, -0.2) is 23.7 Å². The Labute approximate surface area is 151 Å². The minimum absolute atomic E-state index is 0.251. The molecular formula is C18H17N3O2S2. The van der Waals surface area contributed by atoms with Gasteiger partial charge in [0, 0.05) is 29.7 Å². The van der Waals surface area contributed by atoms with Crippen LogP contribution in [0.15, 0.2) is 64.8 Å². The van der Waals surface area contributed by atoms with Crippen LogP contribution in [-0.2, 0) is 16.6 Å². The average Bonchev–Trinajstić information content (AvgIpc) is 3.17. The van der Waals surface area contributed by atoms with Crippen LogP contribution in [0.4, 0.5) is 5.69 Å². The highest BCUT2D eigenvalue weighted by molar-refractivity contribution is 7.99. The van der Waals surface area contributed by atoms with E-state index in [4.69, 9.17) is 0 Å². The van der Waals surface area contributed by atoms with Crippen LogP contribution in [0, 0.1) is 6.92 Å². The molecule has 0 saturated heterocycles. The third kappa shape index (κ3) is 3.29. The highest BCUT2D eigenvalue weighted by atomic mass is 32.2. The molecule has 3 aromatic rings. The maximum atomic E-state index is 12.5. The van der Waals surface area contributed by atoms with Gasteiger partial charge in [0.1, 0.15) is 0 Å². The van der Waals surface area contributed by atoms with Gasteiger partial charge in [-0.2, -0.15) is 0 Å². The summed E-state index contributed by atoms with van der Waals surface area (Å²) in [6, 6.07) is 14.1. The van der Waals surface area contributed by atoms with E-state index in [0.717, 1.165) is 34.3 Å². The molecule has 0 radical (unpaired) electrons. The molecule has 0 fully saturated rings. The van der Waals surface area contributed by atoms with Crippen molar-refractivity contribution in [1.82, 2.24) is 9.55 Å². The number of anilines is 1. The summed E-state index contributed by atoms with van der Waals surface area (Å²) in [6.45, 7) is 2.89. The van der Waals surface area contributed by atoms with Crippen LogP contribution in [0.3, 0.4) is 0 Å². The smallest absolute Gasteiger partial charge is 0.261 e. The number of imidazole rings is 1. The minimum atomic E-state index is -3.61. The first-order valence-corrected chi connectivity index (χ1v) is 10.4. The van der Waals surface area contributed by atoms with Crippen molar-refractivity contribution >= 4 is 27.5 Å². The number of nitrogens with one attached hydrogen (secondary N) is 1. The highest BCUT2D eigenvalue weighted by Gasteiger charge is 2.17. The average molecular weight is 371 g/mol. The van der Waals surface area contributed by atoms with E-state index in [1.165, 1.54) is 0 Å². The van der Waals surface area contributed by atoms with Crippen molar-refractivity contribution in [2.75, 3.05) is 10.5 Å². The Kier molecular flexibility index (Phi) is 4.05. The van der Waals surface area contributed by atoms with Crippen molar-refractivity contribution in [3.05, 3.63) is 60.3 Å². The second-order valence-electron chi connectivity index (χ2n) is 5.95. The van der Waals surface area contributed by atoms with Gasteiger partial charge in [0.15, 0.2) is 5.16 Å². The Morgan fingerprint density at radius 3 is 2.72 bits per heavy atom. The normalized spacial score (nSPS) is 13.6. The van der Waals surface area contributed by atoms with E-state index in [1.54, 1.807) is 42.1 Å². The van der Waals surface area contributed by atoms with Gasteiger partial charge in [-0.1, -0.05) is 41.6 Å². The molecule has 2 heterocycles. The number of thioether (sulfide) groups is 1. The second kappa shape index (κ2) is 6.24. The molecule has 1 aromatic heterocycles. The lowest BCUT2D eigenvalue weighted by Crippen LogP contribution is -2.12. The fourth-order valence-electron chi connectivity index (χ4n) is 2.72. The van der Waals surface area contributed by atoms with Gasteiger partial charge in [-0.05, 0) is 31.2 Å². The molecule has 0 spiro atoms. The number of aryl methyl sites for hydroxylation is 2. The number of rotatable bonds is 4. The topological polar surface area (TPSA) is 64.0 Å². The summed E-state index contributed by atoms with van der Waals surface area (Å²) in [4.78, 5) is 4.87. The Morgan fingerprint density at radius 1 is 1.16 bits per heavy atom. The highest BCUT2D eigenvalue weighted by Crippen LogP contribution is 2.30. The summed E-state index contributed by atoms with van der Waals surface area (Å²) >= 11 is 1.74. The van der Waals surface area contributed by atoms with Gasteiger partial charge in [0.25, 0.3) is 10.0 Å². The van der Waals surface area contributed by atoms with Gasteiger partial charge in [-0.15, -0.1) is 0 Å². The SMILES string of the molecule is Cc1ccc(S(=O)(=O)Nc2cccc(-c3cn4c(n3)SCC4)c2)cc1. The minimum Gasteiger partial charge on any atom is -0.325 e. The molecule has 2 aromatic carbocycles. The first-order valence-electron chi connectivity index (χ1n) is 7.91. The van der Waals surface area contributed by atoms with E-state index < -0.39 is 10.0 Å². The van der Waals surface area contributed by atoms with Crippen molar-refractivity contribution in [2.24, 2.45) is 0 Å². The van der Waals surface area contributed by atoms with E-state index in [-0.39, 0.29) is 4.90 Å². The quantitative estimate of drug-likeness (QED) is 0.758. The Morgan fingerprint density at radius 2 is 1.96 bits per heavy atom. The molecule has 1 aliphatic heterocycles. The van der Waals surface area contributed by atoms with Crippen molar-refractivity contribution in [1.29, 1.82) is 0 Å². The number of aromatic nitrogens is 2. The van der Waals surface area contributed by atoms with Gasteiger partial charge in [0.2, 0.25) is 0 Å². The molecule has 25 heavy (non-hydrogen) atoms. The van der Waals surface area contributed by atoms with Crippen LogP contribution < -0.4 is 4.72 Å². The molecule has 0 bridgehead atoms. The molecule has 128 valence electrons. The molecule has 5 nitrogen and oxygen atoms in total. The molecule has 0 atom stereocenters. The van der Waals surface area contributed by atoms with Crippen molar-refractivity contribution in [3.63, 3.8) is 0 Å². The monoisotopic (exact) mass is 371 g/mol. The molecule has 0 amide bonds. The second-order valence-corrected chi connectivity index (χ2v) is 8.69. The first-order chi connectivity index (χ1) is 12.0. The first kappa shape index (κ1) is 16.2. The molecular weight excluding hydrogens is 354 g/mol. The maximum Gasteiger partial charge on any atom is 0.261 e. The molecule has 7 heteroatoms.